The van der Waals surface area contributed by atoms with E-state index < -0.39 is 0 Å². The Hall–Kier alpha value is -2.61. The first-order valence-corrected chi connectivity index (χ1v) is 10.5. The van der Waals surface area contributed by atoms with Crippen LogP contribution >= 0.6 is 22.7 Å². The van der Waals surface area contributed by atoms with Gasteiger partial charge in [-0.3, -0.25) is 10.1 Å². The Morgan fingerprint density at radius 3 is 2.64 bits per heavy atom. The molecule has 1 N–H and O–H groups in total. The average Bonchev–Trinajstić information content (AvgIpc) is 3.29. The van der Waals surface area contributed by atoms with Crippen LogP contribution in [0.1, 0.15) is 31.4 Å². The summed E-state index contributed by atoms with van der Waals surface area (Å²) >= 11 is 2.83. The van der Waals surface area contributed by atoms with Gasteiger partial charge in [-0.25, -0.2) is 0 Å². The zero-order valence-electron chi connectivity index (χ0n) is 15.6. The Morgan fingerprint density at radius 2 is 1.86 bits per heavy atom. The molecule has 0 bridgehead atoms. The predicted octanol–water partition coefficient (Wildman–Crippen LogP) is 5.05. The molecule has 2 heterocycles. The van der Waals surface area contributed by atoms with Gasteiger partial charge in [0.05, 0.1) is 4.88 Å². The van der Waals surface area contributed by atoms with Gasteiger partial charge in [0.1, 0.15) is 11.6 Å². The minimum Gasteiger partial charge on any atom is -0.377 e. The second-order valence-corrected chi connectivity index (χ2v) is 8.57. The van der Waals surface area contributed by atoms with Crippen molar-refractivity contribution in [1.82, 2.24) is 10.2 Å². The van der Waals surface area contributed by atoms with Crippen molar-refractivity contribution in [2.75, 3.05) is 12.4 Å². The van der Waals surface area contributed by atoms with Crippen LogP contribution in [-0.4, -0.2) is 23.2 Å². The molecule has 142 valence electrons. The standard InChI is InChI=1S/C21H19N3O2S2/c1-13-7-9-14(10-8-13)11-16-15-5-3-4-6-17(15)27-19(16)20(25)22-21-24-23-18(28-21)12-26-2/h3-10H,11-12H2,1-2H3,(H,22,24,25). The van der Waals surface area contributed by atoms with Gasteiger partial charge in [0.25, 0.3) is 5.91 Å². The van der Waals surface area contributed by atoms with E-state index in [1.165, 1.54) is 33.8 Å². The number of methoxy groups -OCH3 is 1. The molecule has 0 radical (unpaired) electrons. The average molecular weight is 410 g/mol. The topological polar surface area (TPSA) is 64.1 Å². The molecule has 0 unspecified atom stereocenters. The summed E-state index contributed by atoms with van der Waals surface area (Å²) in [5.41, 5.74) is 3.45. The first-order chi connectivity index (χ1) is 13.6. The monoisotopic (exact) mass is 409 g/mol. The highest BCUT2D eigenvalue weighted by atomic mass is 32.1. The maximum absolute atomic E-state index is 13.0. The number of aryl methyl sites for hydroxylation is 1. The molecule has 0 aliphatic carbocycles. The zero-order chi connectivity index (χ0) is 19.5. The third-order valence-electron chi connectivity index (χ3n) is 4.36. The lowest BCUT2D eigenvalue weighted by Crippen LogP contribution is -2.12. The van der Waals surface area contributed by atoms with Gasteiger partial charge in [0, 0.05) is 11.8 Å². The summed E-state index contributed by atoms with van der Waals surface area (Å²) in [6, 6.07) is 16.6. The molecule has 2 aromatic heterocycles. The molecule has 7 heteroatoms. The van der Waals surface area contributed by atoms with Crippen LogP contribution in [0, 0.1) is 6.92 Å². The molecule has 28 heavy (non-hydrogen) atoms. The van der Waals surface area contributed by atoms with Gasteiger partial charge in [-0.05, 0) is 35.9 Å². The van der Waals surface area contributed by atoms with Crippen LogP contribution in [0.5, 0.6) is 0 Å². The smallest absolute Gasteiger partial charge is 0.267 e. The number of thiophene rings is 1. The first-order valence-electron chi connectivity index (χ1n) is 8.82. The van der Waals surface area contributed by atoms with E-state index in [1.807, 2.05) is 12.1 Å². The summed E-state index contributed by atoms with van der Waals surface area (Å²) in [6.07, 6.45) is 0.706. The third-order valence-corrected chi connectivity index (χ3v) is 6.39. The number of nitrogens with zero attached hydrogens (tertiary/aromatic N) is 2. The van der Waals surface area contributed by atoms with Crippen LogP contribution in [0.15, 0.2) is 48.5 Å². The van der Waals surface area contributed by atoms with Crippen molar-refractivity contribution in [3.8, 4) is 0 Å². The van der Waals surface area contributed by atoms with E-state index in [0.29, 0.717) is 23.0 Å². The summed E-state index contributed by atoms with van der Waals surface area (Å²) in [6.45, 7) is 2.46. The molecule has 4 aromatic rings. The highest BCUT2D eigenvalue weighted by molar-refractivity contribution is 7.21. The lowest BCUT2D eigenvalue weighted by molar-refractivity contribution is 0.103. The van der Waals surface area contributed by atoms with E-state index in [-0.39, 0.29) is 5.91 Å². The molecular formula is C21H19N3O2S2. The molecule has 0 saturated carbocycles. The van der Waals surface area contributed by atoms with Crippen molar-refractivity contribution in [3.05, 3.63) is 75.1 Å². The number of carbonyl (C=O) groups excluding carboxylic acids is 1. The van der Waals surface area contributed by atoms with Crippen molar-refractivity contribution >= 4 is 43.8 Å². The Morgan fingerprint density at radius 1 is 1.07 bits per heavy atom. The van der Waals surface area contributed by atoms with Gasteiger partial charge in [-0.1, -0.05) is 59.4 Å². The van der Waals surface area contributed by atoms with E-state index in [1.54, 1.807) is 7.11 Å². The zero-order valence-corrected chi connectivity index (χ0v) is 17.2. The lowest BCUT2D eigenvalue weighted by atomic mass is 10.0. The minimum atomic E-state index is -0.150. The van der Waals surface area contributed by atoms with E-state index >= 15 is 0 Å². The van der Waals surface area contributed by atoms with Crippen LogP contribution in [0.4, 0.5) is 5.13 Å². The number of carbonyl (C=O) groups is 1. The van der Waals surface area contributed by atoms with Crippen LogP contribution in [-0.2, 0) is 17.8 Å². The van der Waals surface area contributed by atoms with Gasteiger partial charge in [-0.2, -0.15) is 0 Å². The fourth-order valence-corrected chi connectivity index (χ4v) is 4.83. The van der Waals surface area contributed by atoms with E-state index in [4.69, 9.17) is 4.74 Å². The largest absolute Gasteiger partial charge is 0.377 e. The number of aromatic nitrogens is 2. The number of benzene rings is 2. The number of hydrogen-bond acceptors (Lipinski definition) is 6. The minimum absolute atomic E-state index is 0.150. The molecule has 5 nitrogen and oxygen atoms in total. The van der Waals surface area contributed by atoms with Gasteiger partial charge in [-0.15, -0.1) is 21.5 Å². The predicted molar refractivity (Wildman–Crippen MR) is 114 cm³/mol. The highest BCUT2D eigenvalue weighted by Crippen LogP contribution is 2.33. The van der Waals surface area contributed by atoms with E-state index in [0.717, 1.165) is 20.7 Å². The molecule has 0 spiro atoms. The first kappa shape index (κ1) is 18.7. The number of ether oxygens (including phenoxy) is 1. The van der Waals surface area contributed by atoms with Gasteiger partial charge in [0.15, 0.2) is 0 Å². The lowest BCUT2D eigenvalue weighted by Gasteiger charge is -2.06. The molecule has 0 atom stereocenters. The van der Waals surface area contributed by atoms with Gasteiger partial charge >= 0.3 is 0 Å². The molecule has 0 saturated heterocycles. The summed E-state index contributed by atoms with van der Waals surface area (Å²) in [5.74, 6) is -0.150. The Balaban J connectivity index is 1.66. The van der Waals surface area contributed by atoms with Crippen molar-refractivity contribution in [2.24, 2.45) is 0 Å². The fourth-order valence-electron chi connectivity index (χ4n) is 3.01. The number of rotatable bonds is 6. The Kier molecular flexibility index (Phi) is 5.47. The molecule has 1 amide bonds. The van der Waals surface area contributed by atoms with Crippen LogP contribution in [0.25, 0.3) is 10.1 Å². The Bertz CT molecular complexity index is 1120. The molecular weight excluding hydrogens is 390 g/mol. The summed E-state index contributed by atoms with van der Waals surface area (Å²) in [7, 11) is 1.61. The number of anilines is 1. The van der Waals surface area contributed by atoms with Gasteiger partial charge in [0.2, 0.25) is 5.13 Å². The van der Waals surface area contributed by atoms with Crippen LogP contribution < -0.4 is 5.32 Å². The third kappa shape index (κ3) is 3.96. The van der Waals surface area contributed by atoms with Crippen molar-refractivity contribution in [1.29, 1.82) is 0 Å². The number of nitrogens with one attached hydrogen (secondary N) is 1. The van der Waals surface area contributed by atoms with Crippen LogP contribution in [0.3, 0.4) is 0 Å². The summed E-state index contributed by atoms with van der Waals surface area (Å²) in [5, 5.41) is 13.3. The van der Waals surface area contributed by atoms with Crippen molar-refractivity contribution < 1.29 is 9.53 Å². The van der Waals surface area contributed by atoms with Gasteiger partial charge < -0.3 is 4.74 Å². The van der Waals surface area contributed by atoms with Crippen molar-refractivity contribution in [3.63, 3.8) is 0 Å². The van der Waals surface area contributed by atoms with Crippen molar-refractivity contribution in [2.45, 2.75) is 20.0 Å². The quantitative estimate of drug-likeness (QED) is 0.484. The van der Waals surface area contributed by atoms with E-state index in [9.17, 15) is 4.79 Å². The number of fused-ring (bicyclic) bond motifs is 1. The maximum Gasteiger partial charge on any atom is 0.267 e. The maximum atomic E-state index is 13.0. The van der Waals surface area contributed by atoms with Crippen LogP contribution in [0.2, 0.25) is 0 Å². The normalized spacial score (nSPS) is 11.1. The number of hydrogen-bond donors (Lipinski definition) is 1. The summed E-state index contributed by atoms with van der Waals surface area (Å²) in [4.78, 5) is 13.7. The highest BCUT2D eigenvalue weighted by Gasteiger charge is 2.20. The summed E-state index contributed by atoms with van der Waals surface area (Å²) < 4.78 is 6.17. The molecule has 0 aliphatic heterocycles. The SMILES string of the molecule is COCc1nnc(NC(=O)c2sc3ccccc3c2Cc2ccc(C)cc2)s1. The molecule has 4 rings (SSSR count). The molecule has 2 aromatic carbocycles. The Labute approximate surface area is 171 Å². The molecule has 0 aliphatic rings. The second-order valence-electron chi connectivity index (χ2n) is 6.46. The fraction of sp³-hybridized carbons (Fsp3) is 0.190. The number of amides is 1. The second kappa shape index (κ2) is 8.18. The molecule has 0 fully saturated rings. The van der Waals surface area contributed by atoms with E-state index in [2.05, 4.69) is 58.8 Å².